The van der Waals surface area contributed by atoms with Crippen LogP contribution in [0.4, 0.5) is 0 Å². The maximum atomic E-state index is 11.6. The molecule has 0 aliphatic carbocycles. The summed E-state index contributed by atoms with van der Waals surface area (Å²) in [5.74, 6) is 0.118. The number of ether oxygens (including phenoxy) is 1. The summed E-state index contributed by atoms with van der Waals surface area (Å²) in [4.78, 5) is 3.48. The summed E-state index contributed by atoms with van der Waals surface area (Å²) in [5.41, 5.74) is 0. The SMILES string of the molecule is CCS(=O)(=O)NCC(c1cccs1)N1CCOCC1. The van der Waals surface area contributed by atoms with Crippen molar-refractivity contribution in [2.45, 2.75) is 13.0 Å². The van der Waals surface area contributed by atoms with Gasteiger partial charge in [-0.3, -0.25) is 4.90 Å². The van der Waals surface area contributed by atoms with Gasteiger partial charge in [0, 0.05) is 24.5 Å². The van der Waals surface area contributed by atoms with E-state index in [1.807, 2.05) is 11.4 Å². The first-order chi connectivity index (χ1) is 9.12. The molecule has 1 aromatic rings. The van der Waals surface area contributed by atoms with Crippen LogP contribution in [0, 0.1) is 0 Å². The van der Waals surface area contributed by atoms with Gasteiger partial charge in [-0.2, -0.15) is 0 Å². The number of morpholine rings is 1. The zero-order chi connectivity index (χ0) is 13.7. The van der Waals surface area contributed by atoms with Crippen molar-refractivity contribution in [1.82, 2.24) is 9.62 Å². The molecular weight excluding hydrogens is 284 g/mol. The molecule has 0 amide bonds. The molecule has 0 saturated carbocycles. The lowest BCUT2D eigenvalue weighted by atomic mass is 10.2. The van der Waals surface area contributed by atoms with Gasteiger partial charge in [-0.05, 0) is 18.4 Å². The predicted molar refractivity (Wildman–Crippen MR) is 76.9 cm³/mol. The van der Waals surface area contributed by atoms with Crippen molar-refractivity contribution in [2.75, 3.05) is 38.6 Å². The van der Waals surface area contributed by atoms with Crippen LogP contribution in [0.1, 0.15) is 17.8 Å². The highest BCUT2D eigenvalue weighted by Gasteiger charge is 2.24. The monoisotopic (exact) mass is 304 g/mol. The second-order valence-corrected chi connectivity index (χ2v) is 7.51. The molecule has 1 aliphatic rings. The van der Waals surface area contributed by atoms with Crippen LogP contribution in [0.3, 0.4) is 0 Å². The van der Waals surface area contributed by atoms with E-state index < -0.39 is 10.0 Å². The van der Waals surface area contributed by atoms with E-state index in [2.05, 4.69) is 15.7 Å². The Morgan fingerprint density at radius 2 is 2.21 bits per heavy atom. The lowest BCUT2D eigenvalue weighted by Gasteiger charge is -2.34. The van der Waals surface area contributed by atoms with Gasteiger partial charge >= 0.3 is 0 Å². The van der Waals surface area contributed by atoms with Crippen LogP contribution in [0.15, 0.2) is 17.5 Å². The lowest BCUT2D eigenvalue weighted by molar-refractivity contribution is 0.0179. The molecule has 5 nitrogen and oxygen atoms in total. The summed E-state index contributed by atoms with van der Waals surface area (Å²) < 4.78 is 31.3. The van der Waals surface area contributed by atoms with Crippen molar-refractivity contribution >= 4 is 21.4 Å². The first kappa shape index (κ1) is 14.9. The van der Waals surface area contributed by atoms with Gasteiger partial charge in [-0.15, -0.1) is 11.3 Å². The van der Waals surface area contributed by atoms with Crippen LogP contribution in [-0.4, -0.2) is 51.9 Å². The number of hydrogen-bond donors (Lipinski definition) is 1. The summed E-state index contributed by atoms with van der Waals surface area (Å²) >= 11 is 1.67. The second-order valence-electron chi connectivity index (χ2n) is 4.43. The topological polar surface area (TPSA) is 58.6 Å². The Labute approximate surface area is 118 Å². The third kappa shape index (κ3) is 4.25. The standard InChI is InChI=1S/C12H20N2O3S2/c1-2-19(15,16)13-10-11(12-4-3-9-18-12)14-5-7-17-8-6-14/h3-4,9,11,13H,2,5-8,10H2,1H3. The number of nitrogens with zero attached hydrogens (tertiary/aromatic N) is 1. The van der Waals surface area contributed by atoms with E-state index in [9.17, 15) is 8.42 Å². The zero-order valence-electron chi connectivity index (χ0n) is 11.0. The van der Waals surface area contributed by atoms with Crippen LogP contribution in [-0.2, 0) is 14.8 Å². The average molecular weight is 304 g/mol. The first-order valence-corrected chi connectivity index (χ1v) is 8.98. The van der Waals surface area contributed by atoms with Crippen LogP contribution < -0.4 is 4.72 Å². The normalized spacial score (nSPS) is 19.4. The van der Waals surface area contributed by atoms with Crippen LogP contribution in [0.5, 0.6) is 0 Å². The molecule has 1 saturated heterocycles. The molecule has 1 fully saturated rings. The van der Waals surface area contributed by atoms with Crippen molar-refractivity contribution in [3.8, 4) is 0 Å². The molecule has 2 heterocycles. The summed E-state index contributed by atoms with van der Waals surface area (Å²) in [7, 11) is -3.15. The van der Waals surface area contributed by atoms with Crippen LogP contribution >= 0.6 is 11.3 Å². The minimum atomic E-state index is -3.15. The fourth-order valence-corrected chi connectivity index (χ4v) is 3.56. The molecule has 1 atom stereocenters. The maximum Gasteiger partial charge on any atom is 0.211 e. The molecule has 1 aromatic heterocycles. The molecule has 108 valence electrons. The molecule has 0 radical (unpaired) electrons. The largest absolute Gasteiger partial charge is 0.379 e. The van der Waals surface area contributed by atoms with E-state index >= 15 is 0 Å². The fraction of sp³-hybridized carbons (Fsp3) is 0.667. The molecule has 0 aromatic carbocycles. The van der Waals surface area contributed by atoms with E-state index in [0.717, 1.165) is 13.1 Å². The van der Waals surface area contributed by atoms with Gasteiger partial charge in [0.2, 0.25) is 10.0 Å². The van der Waals surface area contributed by atoms with Gasteiger partial charge in [0.1, 0.15) is 0 Å². The number of thiophene rings is 1. The van der Waals surface area contributed by atoms with E-state index in [-0.39, 0.29) is 11.8 Å². The minimum Gasteiger partial charge on any atom is -0.379 e. The van der Waals surface area contributed by atoms with Crippen molar-refractivity contribution in [2.24, 2.45) is 0 Å². The van der Waals surface area contributed by atoms with E-state index in [0.29, 0.717) is 19.8 Å². The molecule has 0 spiro atoms. The molecule has 1 aliphatic heterocycles. The van der Waals surface area contributed by atoms with Gasteiger partial charge in [0.15, 0.2) is 0 Å². The molecule has 1 N–H and O–H groups in total. The highest BCUT2D eigenvalue weighted by Crippen LogP contribution is 2.25. The zero-order valence-corrected chi connectivity index (χ0v) is 12.7. The van der Waals surface area contributed by atoms with E-state index in [1.165, 1.54) is 4.88 Å². The number of nitrogens with one attached hydrogen (secondary N) is 1. The average Bonchev–Trinajstić information content (AvgIpc) is 2.94. The van der Waals surface area contributed by atoms with Gasteiger partial charge in [0.05, 0.1) is 25.0 Å². The summed E-state index contributed by atoms with van der Waals surface area (Å²) in [5, 5.41) is 2.02. The van der Waals surface area contributed by atoms with Crippen LogP contribution in [0.2, 0.25) is 0 Å². The summed E-state index contributed by atoms with van der Waals surface area (Å²) in [6.45, 7) is 5.19. The molecule has 0 bridgehead atoms. The Bertz CT molecular complexity index is 467. The smallest absolute Gasteiger partial charge is 0.211 e. The number of sulfonamides is 1. The quantitative estimate of drug-likeness (QED) is 0.854. The highest BCUT2D eigenvalue weighted by molar-refractivity contribution is 7.89. The number of rotatable bonds is 6. The molecule has 19 heavy (non-hydrogen) atoms. The van der Waals surface area contributed by atoms with Crippen molar-refractivity contribution in [1.29, 1.82) is 0 Å². The highest BCUT2D eigenvalue weighted by atomic mass is 32.2. The number of hydrogen-bond acceptors (Lipinski definition) is 5. The Morgan fingerprint density at radius 1 is 1.47 bits per heavy atom. The van der Waals surface area contributed by atoms with Gasteiger partial charge < -0.3 is 4.74 Å². The van der Waals surface area contributed by atoms with Crippen molar-refractivity contribution in [3.05, 3.63) is 22.4 Å². The molecule has 2 rings (SSSR count). The van der Waals surface area contributed by atoms with E-state index in [4.69, 9.17) is 4.74 Å². The third-order valence-corrected chi connectivity index (χ3v) is 5.57. The van der Waals surface area contributed by atoms with Crippen molar-refractivity contribution in [3.63, 3.8) is 0 Å². The van der Waals surface area contributed by atoms with E-state index in [1.54, 1.807) is 18.3 Å². The fourth-order valence-electron chi connectivity index (χ4n) is 2.09. The Hall–Kier alpha value is -0.470. The Balaban J connectivity index is 2.06. The lowest BCUT2D eigenvalue weighted by Crippen LogP contribution is -2.43. The van der Waals surface area contributed by atoms with Gasteiger partial charge in [-0.25, -0.2) is 13.1 Å². The predicted octanol–water partition coefficient (Wildman–Crippen LogP) is 1.06. The van der Waals surface area contributed by atoms with Crippen molar-refractivity contribution < 1.29 is 13.2 Å². The second kappa shape index (κ2) is 6.81. The van der Waals surface area contributed by atoms with Crippen LogP contribution in [0.25, 0.3) is 0 Å². The summed E-state index contributed by atoms with van der Waals surface area (Å²) in [6.07, 6.45) is 0. The first-order valence-electron chi connectivity index (χ1n) is 6.45. The minimum absolute atomic E-state index is 0.102. The Kier molecular flexibility index (Phi) is 5.35. The molecular formula is C12H20N2O3S2. The Morgan fingerprint density at radius 3 is 2.79 bits per heavy atom. The summed E-state index contributed by atoms with van der Waals surface area (Å²) in [6, 6.07) is 4.16. The molecule has 1 unspecified atom stereocenters. The van der Waals surface area contributed by atoms with Gasteiger partial charge in [0.25, 0.3) is 0 Å². The van der Waals surface area contributed by atoms with Gasteiger partial charge in [-0.1, -0.05) is 6.07 Å². The molecule has 7 heteroatoms. The maximum absolute atomic E-state index is 11.6. The third-order valence-electron chi connectivity index (χ3n) is 3.23.